The molecule has 2 aromatic rings. The molecule has 1 N–H and O–H groups in total. The van der Waals surface area contributed by atoms with Crippen LogP contribution in [0.15, 0.2) is 47.4 Å². The monoisotopic (exact) mass is 466 g/mol. The van der Waals surface area contributed by atoms with Crippen molar-refractivity contribution in [3.63, 3.8) is 0 Å². The van der Waals surface area contributed by atoms with Gasteiger partial charge in [0.15, 0.2) is 0 Å². The number of anilines is 1. The van der Waals surface area contributed by atoms with Crippen LogP contribution in [0, 0.1) is 15.9 Å². The number of piperazine rings is 1. The summed E-state index contributed by atoms with van der Waals surface area (Å²) in [5.74, 6) is -0.242. The number of non-ortho nitro benzene ring substituents is 1. The summed E-state index contributed by atoms with van der Waals surface area (Å²) < 4.78 is 46.0. The molecule has 0 radical (unpaired) electrons. The van der Waals surface area contributed by atoms with E-state index in [0.717, 1.165) is 18.6 Å². The molecular formula is C20H23FN4O6S. The Morgan fingerprint density at radius 3 is 2.41 bits per heavy atom. The van der Waals surface area contributed by atoms with Gasteiger partial charge in [-0.1, -0.05) is 6.92 Å². The van der Waals surface area contributed by atoms with Crippen molar-refractivity contribution in [2.75, 3.05) is 38.1 Å². The van der Waals surface area contributed by atoms with Gasteiger partial charge in [0, 0.05) is 56.1 Å². The lowest BCUT2D eigenvalue weighted by atomic mass is 10.3. The number of nitrogens with zero attached hydrogens (tertiary/aromatic N) is 3. The molecule has 32 heavy (non-hydrogen) atoms. The molecule has 0 saturated carbocycles. The molecule has 0 unspecified atom stereocenters. The SMILES string of the molecule is CCCOc1cc(F)cc(NC(=O)N2CCN(S(=O)(=O)c3ccc([N+](=O)[O-])cc3)CC2)c1. The van der Waals surface area contributed by atoms with Crippen molar-refractivity contribution in [1.82, 2.24) is 9.21 Å². The van der Waals surface area contributed by atoms with E-state index in [1.54, 1.807) is 0 Å². The van der Waals surface area contributed by atoms with Crippen molar-refractivity contribution in [1.29, 1.82) is 0 Å². The summed E-state index contributed by atoms with van der Waals surface area (Å²) in [7, 11) is -3.85. The maximum atomic E-state index is 13.8. The number of amides is 2. The van der Waals surface area contributed by atoms with Crippen molar-refractivity contribution in [2.45, 2.75) is 18.2 Å². The zero-order valence-corrected chi connectivity index (χ0v) is 18.2. The van der Waals surface area contributed by atoms with Gasteiger partial charge in [-0.3, -0.25) is 10.1 Å². The number of sulfonamides is 1. The Balaban J connectivity index is 1.61. The zero-order chi connectivity index (χ0) is 23.3. The third kappa shape index (κ3) is 5.51. The highest BCUT2D eigenvalue weighted by Crippen LogP contribution is 2.23. The maximum Gasteiger partial charge on any atom is 0.321 e. The van der Waals surface area contributed by atoms with Crippen LogP contribution in [0.5, 0.6) is 5.75 Å². The second-order valence-electron chi connectivity index (χ2n) is 7.10. The highest BCUT2D eigenvalue weighted by molar-refractivity contribution is 7.89. The number of carbonyl (C=O) groups is 1. The third-order valence-corrected chi connectivity index (χ3v) is 6.72. The molecule has 0 spiro atoms. The Labute approximate surface area is 184 Å². The van der Waals surface area contributed by atoms with Gasteiger partial charge < -0.3 is 15.0 Å². The molecule has 1 heterocycles. The van der Waals surface area contributed by atoms with Crippen LogP contribution in [0.2, 0.25) is 0 Å². The number of hydrogen-bond donors (Lipinski definition) is 1. The van der Waals surface area contributed by atoms with E-state index in [2.05, 4.69) is 5.32 Å². The van der Waals surface area contributed by atoms with E-state index in [0.29, 0.717) is 12.4 Å². The maximum absolute atomic E-state index is 13.8. The van der Waals surface area contributed by atoms with E-state index in [4.69, 9.17) is 4.74 Å². The molecule has 0 aliphatic carbocycles. The predicted octanol–water partition coefficient (Wildman–Crippen LogP) is 3.06. The summed E-state index contributed by atoms with van der Waals surface area (Å²) in [6.45, 7) is 2.71. The fourth-order valence-corrected chi connectivity index (χ4v) is 4.58. The van der Waals surface area contributed by atoms with E-state index in [1.807, 2.05) is 6.92 Å². The minimum atomic E-state index is -3.85. The molecule has 0 aromatic heterocycles. The summed E-state index contributed by atoms with van der Waals surface area (Å²) in [5.41, 5.74) is 0.0353. The molecule has 2 amide bonds. The molecule has 1 aliphatic rings. The van der Waals surface area contributed by atoms with Gasteiger partial charge in [-0.2, -0.15) is 4.31 Å². The standard InChI is InChI=1S/C20H23FN4O6S/c1-2-11-31-18-13-15(21)12-16(14-18)22-20(26)23-7-9-24(10-8-23)32(29,30)19-5-3-17(4-6-19)25(27)28/h3-6,12-14H,2,7-11H2,1H3,(H,22,26). The third-order valence-electron chi connectivity index (χ3n) is 4.81. The quantitative estimate of drug-likeness (QED) is 0.494. The number of ether oxygens (including phenoxy) is 1. The summed E-state index contributed by atoms with van der Waals surface area (Å²) in [6.07, 6.45) is 0.755. The summed E-state index contributed by atoms with van der Waals surface area (Å²) in [4.78, 5) is 24.1. The van der Waals surface area contributed by atoms with E-state index in [9.17, 15) is 27.7 Å². The highest BCUT2D eigenvalue weighted by atomic mass is 32.2. The van der Waals surface area contributed by atoms with Crippen LogP contribution in [-0.2, 0) is 10.0 Å². The largest absolute Gasteiger partial charge is 0.493 e. The first-order chi connectivity index (χ1) is 15.2. The smallest absolute Gasteiger partial charge is 0.321 e. The topological polar surface area (TPSA) is 122 Å². The Kier molecular flexibility index (Phi) is 7.26. The van der Waals surface area contributed by atoms with Crippen LogP contribution in [0.25, 0.3) is 0 Å². The van der Waals surface area contributed by atoms with Gasteiger partial charge in [0.25, 0.3) is 5.69 Å². The van der Waals surface area contributed by atoms with Gasteiger partial charge in [-0.15, -0.1) is 0 Å². The lowest BCUT2D eigenvalue weighted by molar-refractivity contribution is -0.384. The van der Waals surface area contributed by atoms with Crippen LogP contribution in [0.4, 0.5) is 20.6 Å². The van der Waals surface area contributed by atoms with E-state index in [1.165, 1.54) is 39.5 Å². The molecule has 0 bridgehead atoms. The summed E-state index contributed by atoms with van der Waals surface area (Å²) in [6, 6.07) is 8.08. The van der Waals surface area contributed by atoms with E-state index >= 15 is 0 Å². The first-order valence-corrected chi connectivity index (χ1v) is 11.4. The van der Waals surface area contributed by atoms with E-state index in [-0.39, 0.29) is 42.4 Å². The second kappa shape index (κ2) is 9.92. The van der Waals surface area contributed by atoms with Crippen LogP contribution >= 0.6 is 0 Å². The summed E-state index contributed by atoms with van der Waals surface area (Å²) in [5, 5.41) is 13.4. The molecular weight excluding hydrogens is 443 g/mol. The molecule has 12 heteroatoms. The molecule has 10 nitrogen and oxygen atoms in total. The number of rotatable bonds is 7. The second-order valence-corrected chi connectivity index (χ2v) is 9.03. The van der Waals surface area contributed by atoms with Crippen molar-refractivity contribution in [3.05, 3.63) is 58.4 Å². The highest BCUT2D eigenvalue weighted by Gasteiger charge is 2.30. The van der Waals surface area contributed by atoms with Gasteiger partial charge >= 0.3 is 6.03 Å². The zero-order valence-electron chi connectivity index (χ0n) is 17.4. The molecule has 2 aromatic carbocycles. The lowest BCUT2D eigenvalue weighted by Crippen LogP contribution is -2.51. The molecule has 1 saturated heterocycles. The number of nitrogens with one attached hydrogen (secondary N) is 1. The number of nitro groups is 1. The Bertz CT molecular complexity index is 1090. The molecule has 1 aliphatic heterocycles. The molecule has 3 rings (SSSR count). The van der Waals surface area contributed by atoms with Crippen LogP contribution < -0.4 is 10.1 Å². The fourth-order valence-electron chi connectivity index (χ4n) is 3.16. The Hall–Kier alpha value is -3.25. The fraction of sp³-hybridized carbons (Fsp3) is 0.350. The minimum absolute atomic E-state index is 0.0552. The van der Waals surface area contributed by atoms with Gasteiger partial charge in [0.05, 0.1) is 16.4 Å². The predicted molar refractivity (Wildman–Crippen MR) is 115 cm³/mol. The normalized spacial score (nSPS) is 14.8. The van der Waals surface area contributed by atoms with E-state index < -0.39 is 26.8 Å². The minimum Gasteiger partial charge on any atom is -0.493 e. The van der Waals surface area contributed by atoms with Gasteiger partial charge in [0.2, 0.25) is 10.0 Å². The van der Waals surface area contributed by atoms with Crippen molar-refractivity contribution < 1.29 is 27.3 Å². The van der Waals surface area contributed by atoms with Crippen molar-refractivity contribution in [2.24, 2.45) is 0 Å². The molecule has 172 valence electrons. The number of benzene rings is 2. The Morgan fingerprint density at radius 2 is 1.81 bits per heavy atom. The number of nitro benzene ring substituents is 1. The number of halogens is 1. The van der Waals surface area contributed by atoms with Crippen LogP contribution in [0.1, 0.15) is 13.3 Å². The van der Waals surface area contributed by atoms with Crippen molar-refractivity contribution >= 4 is 27.4 Å². The number of urea groups is 1. The van der Waals surface area contributed by atoms with Crippen LogP contribution in [-0.4, -0.2) is 61.4 Å². The average Bonchev–Trinajstić information content (AvgIpc) is 2.77. The number of carbonyl (C=O) groups excluding carboxylic acids is 1. The average molecular weight is 466 g/mol. The Morgan fingerprint density at radius 1 is 1.16 bits per heavy atom. The first kappa shape index (κ1) is 23.4. The first-order valence-electron chi connectivity index (χ1n) is 9.94. The van der Waals surface area contributed by atoms with Gasteiger partial charge in [0.1, 0.15) is 11.6 Å². The van der Waals surface area contributed by atoms with Crippen molar-refractivity contribution in [3.8, 4) is 5.75 Å². The molecule has 0 atom stereocenters. The lowest BCUT2D eigenvalue weighted by Gasteiger charge is -2.34. The summed E-state index contributed by atoms with van der Waals surface area (Å²) >= 11 is 0. The molecule has 1 fully saturated rings. The number of hydrogen-bond acceptors (Lipinski definition) is 6. The van der Waals surface area contributed by atoms with Crippen LogP contribution in [0.3, 0.4) is 0 Å². The van der Waals surface area contributed by atoms with Gasteiger partial charge in [-0.25, -0.2) is 17.6 Å². The van der Waals surface area contributed by atoms with Gasteiger partial charge in [-0.05, 0) is 24.6 Å².